The number of nitrogens with zero attached hydrogens (tertiary/aromatic N) is 1. The fraction of sp³-hybridized carbons (Fsp3) is 0.111. The first-order valence-corrected chi connectivity index (χ1v) is 7.56. The molecule has 0 aliphatic carbocycles. The molecule has 140 valence electrons. The molecule has 0 radical (unpaired) electrons. The summed E-state index contributed by atoms with van der Waals surface area (Å²) in [6, 6.07) is 8.33. The van der Waals surface area contributed by atoms with Crippen LogP contribution in [0.4, 0.5) is 5.69 Å². The molecule has 9 heteroatoms. The summed E-state index contributed by atoms with van der Waals surface area (Å²) in [5.41, 5.74) is -0.244. The summed E-state index contributed by atoms with van der Waals surface area (Å²) < 4.78 is 5.16. The number of aromatic hydroxyl groups is 2. The number of carboxylic acid groups (broad SMARTS) is 1. The normalized spacial score (nSPS) is 12.6. The van der Waals surface area contributed by atoms with E-state index in [0.29, 0.717) is 0 Å². The molecule has 0 amide bonds. The predicted molar refractivity (Wildman–Crippen MR) is 92.3 cm³/mol. The Morgan fingerprint density at radius 1 is 1.11 bits per heavy atom. The van der Waals surface area contributed by atoms with Gasteiger partial charge in [0.05, 0.1) is 4.92 Å². The van der Waals surface area contributed by atoms with Crippen LogP contribution in [0, 0.1) is 10.1 Å². The predicted octanol–water partition coefficient (Wildman–Crippen LogP) is 2.64. The molecule has 2 aromatic rings. The zero-order valence-electron chi connectivity index (χ0n) is 13.8. The maximum absolute atomic E-state index is 11.9. The lowest BCUT2D eigenvalue weighted by Gasteiger charge is -2.24. The minimum absolute atomic E-state index is 0.0196. The van der Waals surface area contributed by atoms with E-state index in [-0.39, 0.29) is 16.8 Å². The van der Waals surface area contributed by atoms with Crippen molar-refractivity contribution in [2.24, 2.45) is 0 Å². The molecule has 2 unspecified atom stereocenters. The Morgan fingerprint density at radius 3 is 2.37 bits per heavy atom. The van der Waals surface area contributed by atoms with Crippen LogP contribution >= 0.6 is 0 Å². The number of aliphatic carboxylic acids is 1. The average Bonchev–Trinajstić information content (AvgIpc) is 2.63. The average molecular weight is 373 g/mol. The number of esters is 1. The molecule has 2 rings (SSSR count). The first-order valence-electron chi connectivity index (χ1n) is 7.56. The summed E-state index contributed by atoms with van der Waals surface area (Å²) in [7, 11) is 0. The largest absolute Gasteiger partial charge is 0.504 e. The van der Waals surface area contributed by atoms with E-state index in [9.17, 15) is 35.0 Å². The lowest BCUT2D eigenvalue weighted by molar-refractivity contribution is -0.384. The number of benzene rings is 2. The van der Waals surface area contributed by atoms with E-state index in [2.05, 4.69) is 6.58 Å². The molecule has 0 saturated heterocycles. The molecule has 0 aromatic heterocycles. The molecule has 0 spiro atoms. The number of phenolic OH excluding ortho intramolecular Hbond substituents is 2. The minimum Gasteiger partial charge on any atom is -0.504 e. The SMILES string of the molecule is C=CC(=O)OC(c1ccc(O)c(O)c1)C(C(=O)O)c1cccc([N+](=O)[O-])c1. The number of rotatable bonds is 7. The second-order valence-corrected chi connectivity index (χ2v) is 5.48. The number of nitro groups is 1. The lowest BCUT2D eigenvalue weighted by Crippen LogP contribution is -2.24. The number of carbonyl (C=O) groups is 2. The molecule has 0 saturated carbocycles. The Bertz CT molecular complexity index is 908. The van der Waals surface area contributed by atoms with Crippen LogP contribution in [0.1, 0.15) is 23.1 Å². The Labute approximate surface area is 152 Å². The number of ether oxygens (including phenoxy) is 1. The number of phenols is 2. The highest BCUT2D eigenvalue weighted by atomic mass is 16.6. The van der Waals surface area contributed by atoms with Gasteiger partial charge in [-0.1, -0.05) is 24.8 Å². The van der Waals surface area contributed by atoms with Gasteiger partial charge in [-0.2, -0.15) is 0 Å². The van der Waals surface area contributed by atoms with Crippen molar-refractivity contribution in [1.29, 1.82) is 0 Å². The molecule has 2 atom stereocenters. The second-order valence-electron chi connectivity index (χ2n) is 5.48. The van der Waals surface area contributed by atoms with Gasteiger partial charge in [-0.05, 0) is 23.3 Å². The molecule has 0 fully saturated rings. The zero-order valence-corrected chi connectivity index (χ0v) is 13.8. The van der Waals surface area contributed by atoms with Crippen LogP contribution in [0.2, 0.25) is 0 Å². The van der Waals surface area contributed by atoms with Gasteiger partial charge in [0, 0.05) is 18.2 Å². The number of nitro benzene ring substituents is 1. The van der Waals surface area contributed by atoms with Crippen LogP contribution < -0.4 is 0 Å². The van der Waals surface area contributed by atoms with Crippen molar-refractivity contribution >= 4 is 17.6 Å². The van der Waals surface area contributed by atoms with E-state index < -0.39 is 40.4 Å². The van der Waals surface area contributed by atoms with E-state index in [1.807, 2.05) is 0 Å². The van der Waals surface area contributed by atoms with E-state index in [1.165, 1.54) is 24.3 Å². The van der Waals surface area contributed by atoms with Crippen molar-refractivity contribution < 1.29 is 34.6 Å². The first kappa shape index (κ1) is 19.4. The monoisotopic (exact) mass is 373 g/mol. The van der Waals surface area contributed by atoms with Crippen molar-refractivity contribution in [2.75, 3.05) is 0 Å². The van der Waals surface area contributed by atoms with Crippen LogP contribution in [-0.2, 0) is 14.3 Å². The summed E-state index contributed by atoms with van der Waals surface area (Å²) in [4.78, 5) is 34.0. The molecule has 27 heavy (non-hydrogen) atoms. The summed E-state index contributed by atoms with van der Waals surface area (Å²) in [5, 5.41) is 39.8. The summed E-state index contributed by atoms with van der Waals surface area (Å²) >= 11 is 0. The summed E-state index contributed by atoms with van der Waals surface area (Å²) in [6.07, 6.45) is -0.610. The van der Waals surface area contributed by atoms with Crippen molar-refractivity contribution in [1.82, 2.24) is 0 Å². The van der Waals surface area contributed by atoms with Crippen molar-refractivity contribution in [3.8, 4) is 11.5 Å². The fourth-order valence-electron chi connectivity index (χ4n) is 2.50. The van der Waals surface area contributed by atoms with Crippen molar-refractivity contribution in [2.45, 2.75) is 12.0 Å². The molecule has 9 nitrogen and oxygen atoms in total. The molecular weight excluding hydrogens is 358 g/mol. The van der Waals surface area contributed by atoms with Crippen LogP contribution in [0.3, 0.4) is 0 Å². The number of hydrogen-bond acceptors (Lipinski definition) is 7. The van der Waals surface area contributed by atoms with Crippen LogP contribution in [0.25, 0.3) is 0 Å². The topological polar surface area (TPSA) is 147 Å². The fourth-order valence-corrected chi connectivity index (χ4v) is 2.50. The second kappa shape index (κ2) is 8.00. The smallest absolute Gasteiger partial charge is 0.330 e. The quantitative estimate of drug-likeness (QED) is 0.221. The molecule has 0 aliphatic rings. The van der Waals surface area contributed by atoms with Gasteiger partial charge in [0.15, 0.2) is 11.5 Å². The van der Waals surface area contributed by atoms with Gasteiger partial charge < -0.3 is 20.1 Å². The minimum atomic E-state index is -1.52. The molecule has 0 heterocycles. The van der Waals surface area contributed by atoms with Gasteiger partial charge in [0.2, 0.25) is 0 Å². The standard InChI is InChI=1S/C18H15NO8/c1-2-15(22)27-17(11-6-7-13(20)14(21)9-11)16(18(23)24)10-4-3-5-12(8-10)19(25)26/h2-9,16-17,20-21H,1H2,(H,23,24). The van der Waals surface area contributed by atoms with Gasteiger partial charge >= 0.3 is 11.9 Å². The molecule has 2 aromatic carbocycles. The number of carboxylic acids is 1. The number of non-ortho nitro benzene ring substituents is 1. The molecule has 3 N–H and O–H groups in total. The van der Waals surface area contributed by atoms with Gasteiger partial charge in [0.1, 0.15) is 12.0 Å². The van der Waals surface area contributed by atoms with E-state index in [1.54, 1.807) is 0 Å². The maximum Gasteiger partial charge on any atom is 0.330 e. The number of carbonyl (C=O) groups excluding carboxylic acids is 1. The van der Waals surface area contributed by atoms with E-state index in [0.717, 1.165) is 24.3 Å². The Hall–Kier alpha value is -3.88. The van der Waals surface area contributed by atoms with Gasteiger partial charge in [-0.3, -0.25) is 14.9 Å². The maximum atomic E-state index is 11.9. The Balaban J connectivity index is 2.61. The zero-order chi connectivity index (χ0) is 20.1. The lowest BCUT2D eigenvalue weighted by atomic mass is 9.88. The first-order chi connectivity index (χ1) is 12.7. The molecule has 0 bridgehead atoms. The third kappa shape index (κ3) is 4.40. The van der Waals surface area contributed by atoms with E-state index in [4.69, 9.17) is 4.74 Å². The Kier molecular flexibility index (Phi) is 5.76. The highest BCUT2D eigenvalue weighted by Gasteiger charge is 2.35. The van der Waals surface area contributed by atoms with E-state index >= 15 is 0 Å². The number of hydrogen-bond donors (Lipinski definition) is 3. The van der Waals surface area contributed by atoms with Crippen molar-refractivity contribution in [3.63, 3.8) is 0 Å². The Morgan fingerprint density at radius 2 is 1.81 bits per heavy atom. The van der Waals surface area contributed by atoms with Crippen LogP contribution in [0.15, 0.2) is 55.1 Å². The van der Waals surface area contributed by atoms with Crippen molar-refractivity contribution in [3.05, 3.63) is 76.4 Å². The third-order valence-corrected chi connectivity index (χ3v) is 3.75. The van der Waals surface area contributed by atoms with Gasteiger partial charge in [-0.25, -0.2) is 4.79 Å². The summed E-state index contributed by atoms with van der Waals surface area (Å²) in [5.74, 6) is -4.85. The highest BCUT2D eigenvalue weighted by Crippen LogP contribution is 2.38. The summed E-state index contributed by atoms with van der Waals surface area (Å²) in [6.45, 7) is 3.25. The van der Waals surface area contributed by atoms with Crippen LogP contribution in [0.5, 0.6) is 11.5 Å². The van der Waals surface area contributed by atoms with Crippen LogP contribution in [-0.4, -0.2) is 32.2 Å². The van der Waals surface area contributed by atoms with Gasteiger partial charge in [0.25, 0.3) is 5.69 Å². The van der Waals surface area contributed by atoms with Gasteiger partial charge in [-0.15, -0.1) is 0 Å². The molecular formula is C18H15NO8. The highest BCUT2D eigenvalue weighted by molar-refractivity contribution is 5.83. The molecule has 0 aliphatic heterocycles. The third-order valence-electron chi connectivity index (χ3n) is 3.75.